The SMILES string of the molecule is C[C@@H]1CN(Cc2cccc(N[C@@H]3CCN4CCC[C@@H]4C3)c2)C[C@@H](C)O1. The molecule has 0 radical (unpaired) electrons. The molecule has 0 bridgehead atoms. The molecule has 0 spiro atoms. The lowest BCUT2D eigenvalue weighted by Crippen LogP contribution is -2.44. The number of hydrogen-bond donors (Lipinski definition) is 1. The first-order valence-electron chi connectivity index (χ1n) is 10.1. The molecular formula is C21H33N3O. The number of anilines is 1. The molecule has 4 atom stereocenters. The number of rotatable bonds is 4. The zero-order valence-electron chi connectivity index (χ0n) is 15.8. The van der Waals surface area contributed by atoms with Gasteiger partial charge in [-0.1, -0.05) is 12.1 Å². The average Bonchev–Trinajstić information content (AvgIpc) is 3.02. The fourth-order valence-corrected chi connectivity index (χ4v) is 5.02. The van der Waals surface area contributed by atoms with Crippen LogP contribution in [0.3, 0.4) is 0 Å². The molecule has 0 amide bonds. The summed E-state index contributed by atoms with van der Waals surface area (Å²) in [7, 11) is 0. The van der Waals surface area contributed by atoms with Gasteiger partial charge in [-0.3, -0.25) is 4.90 Å². The van der Waals surface area contributed by atoms with E-state index in [0.717, 1.165) is 25.7 Å². The normalized spacial score (nSPS) is 34.0. The number of hydrogen-bond acceptors (Lipinski definition) is 4. The number of morpholine rings is 1. The van der Waals surface area contributed by atoms with Crippen molar-refractivity contribution in [1.29, 1.82) is 0 Å². The fraction of sp³-hybridized carbons (Fsp3) is 0.714. The molecule has 3 aliphatic rings. The first-order chi connectivity index (χ1) is 12.2. The Morgan fingerprint density at radius 1 is 1.12 bits per heavy atom. The van der Waals surface area contributed by atoms with E-state index in [2.05, 4.69) is 53.2 Å². The van der Waals surface area contributed by atoms with Crippen molar-refractivity contribution in [3.63, 3.8) is 0 Å². The third-order valence-electron chi connectivity index (χ3n) is 6.02. The Hall–Kier alpha value is -1.10. The summed E-state index contributed by atoms with van der Waals surface area (Å²) in [6.45, 7) is 10.0. The van der Waals surface area contributed by atoms with E-state index in [1.54, 1.807) is 0 Å². The number of piperidine rings is 1. The number of ether oxygens (including phenoxy) is 1. The van der Waals surface area contributed by atoms with Gasteiger partial charge < -0.3 is 15.0 Å². The molecule has 1 aromatic carbocycles. The van der Waals surface area contributed by atoms with Crippen molar-refractivity contribution in [2.75, 3.05) is 31.5 Å². The third kappa shape index (κ3) is 4.36. The summed E-state index contributed by atoms with van der Waals surface area (Å²) in [6.07, 6.45) is 6.04. The maximum atomic E-state index is 5.85. The van der Waals surface area contributed by atoms with Gasteiger partial charge in [-0.2, -0.15) is 0 Å². The Labute approximate surface area is 152 Å². The number of benzene rings is 1. The zero-order chi connectivity index (χ0) is 17.2. The highest BCUT2D eigenvalue weighted by Crippen LogP contribution is 2.28. The van der Waals surface area contributed by atoms with Crippen molar-refractivity contribution >= 4 is 5.69 Å². The van der Waals surface area contributed by atoms with Gasteiger partial charge >= 0.3 is 0 Å². The number of nitrogens with one attached hydrogen (secondary N) is 1. The van der Waals surface area contributed by atoms with Crippen molar-refractivity contribution in [3.05, 3.63) is 29.8 Å². The van der Waals surface area contributed by atoms with Gasteiger partial charge in [-0.15, -0.1) is 0 Å². The Bertz CT molecular complexity index is 568. The molecule has 3 fully saturated rings. The molecule has 4 heteroatoms. The second-order valence-corrected chi connectivity index (χ2v) is 8.35. The van der Waals surface area contributed by atoms with Gasteiger partial charge in [0.15, 0.2) is 0 Å². The molecule has 3 saturated heterocycles. The highest BCUT2D eigenvalue weighted by Gasteiger charge is 2.31. The largest absolute Gasteiger partial charge is 0.382 e. The van der Waals surface area contributed by atoms with Crippen LogP contribution in [0.1, 0.15) is 45.1 Å². The Balaban J connectivity index is 1.35. The van der Waals surface area contributed by atoms with Crippen molar-refractivity contribution in [2.24, 2.45) is 0 Å². The van der Waals surface area contributed by atoms with Gasteiger partial charge in [0, 0.05) is 44.0 Å². The van der Waals surface area contributed by atoms with E-state index < -0.39 is 0 Å². The predicted molar refractivity (Wildman–Crippen MR) is 103 cm³/mol. The van der Waals surface area contributed by atoms with Crippen LogP contribution >= 0.6 is 0 Å². The van der Waals surface area contributed by atoms with E-state index in [9.17, 15) is 0 Å². The van der Waals surface area contributed by atoms with Crippen LogP contribution < -0.4 is 5.32 Å². The molecule has 25 heavy (non-hydrogen) atoms. The van der Waals surface area contributed by atoms with Crippen LogP contribution in [0.4, 0.5) is 5.69 Å². The van der Waals surface area contributed by atoms with Crippen molar-refractivity contribution in [2.45, 2.75) is 70.4 Å². The molecule has 1 aromatic rings. The Morgan fingerprint density at radius 3 is 2.80 bits per heavy atom. The fourth-order valence-electron chi connectivity index (χ4n) is 5.02. The smallest absolute Gasteiger partial charge is 0.0678 e. The first kappa shape index (κ1) is 17.3. The maximum absolute atomic E-state index is 5.85. The van der Waals surface area contributed by atoms with Crippen LogP contribution in [0.15, 0.2) is 24.3 Å². The molecule has 4 rings (SSSR count). The van der Waals surface area contributed by atoms with Crippen LogP contribution in [-0.4, -0.2) is 60.3 Å². The number of nitrogens with zero attached hydrogens (tertiary/aromatic N) is 2. The van der Waals surface area contributed by atoms with Crippen LogP contribution in [0.25, 0.3) is 0 Å². The standard InChI is InChI=1S/C21H33N3O/c1-16-13-23(14-17(2)25-16)15-18-5-3-6-19(11-18)22-20-8-10-24-9-4-7-21(24)12-20/h3,5-6,11,16-17,20-22H,4,7-10,12-15H2,1-2H3/t16-,17-,20-,21-/m1/s1. The van der Waals surface area contributed by atoms with Gasteiger partial charge in [0.1, 0.15) is 0 Å². The van der Waals surface area contributed by atoms with E-state index in [1.807, 2.05) is 0 Å². The van der Waals surface area contributed by atoms with E-state index >= 15 is 0 Å². The maximum Gasteiger partial charge on any atom is 0.0678 e. The van der Waals surface area contributed by atoms with Crippen LogP contribution in [0.5, 0.6) is 0 Å². The van der Waals surface area contributed by atoms with Crippen LogP contribution in [0, 0.1) is 0 Å². The quantitative estimate of drug-likeness (QED) is 0.907. The van der Waals surface area contributed by atoms with E-state index in [1.165, 1.54) is 50.0 Å². The van der Waals surface area contributed by atoms with Gasteiger partial charge in [0.2, 0.25) is 0 Å². The number of fused-ring (bicyclic) bond motifs is 1. The Kier molecular flexibility index (Phi) is 5.30. The van der Waals surface area contributed by atoms with Crippen molar-refractivity contribution < 1.29 is 4.74 Å². The lowest BCUT2D eigenvalue weighted by Gasteiger charge is -2.36. The van der Waals surface area contributed by atoms with Gasteiger partial charge in [0.25, 0.3) is 0 Å². The predicted octanol–water partition coefficient (Wildman–Crippen LogP) is 3.33. The average molecular weight is 344 g/mol. The molecule has 0 unspecified atom stereocenters. The summed E-state index contributed by atoms with van der Waals surface area (Å²) in [5, 5.41) is 3.82. The molecular weight excluding hydrogens is 310 g/mol. The van der Waals surface area contributed by atoms with Gasteiger partial charge in [0.05, 0.1) is 12.2 Å². The first-order valence-corrected chi connectivity index (χ1v) is 10.1. The van der Waals surface area contributed by atoms with Gasteiger partial charge in [-0.05, 0) is 63.8 Å². The summed E-state index contributed by atoms with van der Waals surface area (Å²) in [4.78, 5) is 5.21. The van der Waals surface area contributed by atoms with Crippen LogP contribution in [-0.2, 0) is 11.3 Å². The van der Waals surface area contributed by atoms with E-state index in [-0.39, 0.29) is 0 Å². The summed E-state index contributed by atoms with van der Waals surface area (Å²) in [5.41, 5.74) is 2.70. The molecule has 0 aromatic heterocycles. The Morgan fingerprint density at radius 2 is 1.96 bits per heavy atom. The van der Waals surface area contributed by atoms with Crippen molar-refractivity contribution in [1.82, 2.24) is 9.80 Å². The minimum Gasteiger partial charge on any atom is -0.382 e. The van der Waals surface area contributed by atoms with E-state index in [4.69, 9.17) is 4.74 Å². The highest BCUT2D eigenvalue weighted by molar-refractivity contribution is 5.46. The lowest BCUT2D eigenvalue weighted by atomic mass is 9.97. The summed E-state index contributed by atoms with van der Waals surface area (Å²) in [6, 6.07) is 10.5. The molecule has 1 N–H and O–H groups in total. The minimum atomic E-state index is 0.335. The van der Waals surface area contributed by atoms with E-state index in [0.29, 0.717) is 18.2 Å². The topological polar surface area (TPSA) is 27.7 Å². The highest BCUT2D eigenvalue weighted by atomic mass is 16.5. The molecule has 3 heterocycles. The second kappa shape index (κ2) is 7.65. The second-order valence-electron chi connectivity index (χ2n) is 8.35. The lowest BCUT2D eigenvalue weighted by molar-refractivity contribution is -0.0704. The minimum absolute atomic E-state index is 0.335. The van der Waals surface area contributed by atoms with Crippen molar-refractivity contribution in [3.8, 4) is 0 Å². The third-order valence-corrected chi connectivity index (χ3v) is 6.02. The molecule has 0 aliphatic carbocycles. The van der Waals surface area contributed by atoms with Gasteiger partial charge in [-0.25, -0.2) is 0 Å². The van der Waals surface area contributed by atoms with Crippen LogP contribution in [0.2, 0.25) is 0 Å². The summed E-state index contributed by atoms with van der Waals surface area (Å²) in [5.74, 6) is 0. The summed E-state index contributed by atoms with van der Waals surface area (Å²) < 4.78 is 5.85. The zero-order valence-corrected chi connectivity index (χ0v) is 15.8. The summed E-state index contributed by atoms with van der Waals surface area (Å²) >= 11 is 0. The molecule has 0 saturated carbocycles. The molecule has 138 valence electrons. The molecule has 4 nitrogen and oxygen atoms in total. The monoisotopic (exact) mass is 343 g/mol. The molecule has 3 aliphatic heterocycles.